The zero-order valence-electron chi connectivity index (χ0n) is 10.2. The molecular weight excluding hydrogens is 254 g/mol. The van der Waals surface area contributed by atoms with Crippen LogP contribution in [0.25, 0.3) is 11.0 Å². The third-order valence-electron chi connectivity index (χ3n) is 2.76. The summed E-state index contributed by atoms with van der Waals surface area (Å²) < 4.78 is 30.2. The lowest BCUT2D eigenvalue weighted by Crippen LogP contribution is -2.38. The molecule has 19 heavy (non-hydrogen) atoms. The van der Waals surface area contributed by atoms with Gasteiger partial charge in [0.25, 0.3) is 12.3 Å². The van der Waals surface area contributed by atoms with Gasteiger partial charge in [0.05, 0.1) is 12.1 Å². The second-order valence-electron chi connectivity index (χ2n) is 4.08. The predicted molar refractivity (Wildman–Crippen MR) is 67.2 cm³/mol. The fourth-order valence-electron chi connectivity index (χ4n) is 1.91. The minimum absolute atomic E-state index is 0.0860. The van der Waals surface area contributed by atoms with Gasteiger partial charge in [0.1, 0.15) is 11.8 Å². The van der Waals surface area contributed by atoms with Gasteiger partial charge in [0, 0.05) is 18.5 Å². The molecule has 0 aliphatic rings. The number of halogens is 2. The van der Waals surface area contributed by atoms with Crippen LogP contribution in [0.2, 0.25) is 0 Å². The van der Waals surface area contributed by atoms with Gasteiger partial charge in [-0.15, -0.1) is 0 Å². The van der Waals surface area contributed by atoms with Crippen LogP contribution in [0, 0.1) is 0 Å². The summed E-state index contributed by atoms with van der Waals surface area (Å²) in [6.45, 7) is -0.410. The Morgan fingerprint density at radius 1 is 1.37 bits per heavy atom. The highest BCUT2D eigenvalue weighted by atomic mass is 19.3. The van der Waals surface area contributed by atoms with Gasteiger partial charge in [-0.05, 0) is 6.07 Å². The number of furan rings is 1. The quantitative estimate of drug-likeness (QED) is 0.903. The van der Waals surface area contributed by atoms with Gasteiger partial charge in [-0.25, -0.2) is 8.78 Å². The van der Waals surface area contributed by atoms with E-state index < -0.39 is 18.9 Å². The van der Waals surface area contributed by atoms with Crippen molar-refractivity contribution in [3.63, 3.8) is 0 Å². The van der Waals surface area contributed by atoms with Gasteiger partial charge in [-0.2, -0.15) is 0 Å². The van der Waals surface area contributed by atoms with Crippen LogP contribution >= 0.6 is 0 Å². The maximum atomic E-state index is 12.5. The molecule has 0 aliphatic carbocycles. The molecule has 0 aliphatic heterocycles. The lowest BCUT2D eigenvalue weighted by Gasteiger charge is -2.20. The molecule has 1 aromatic carbocycles. The number of benzene rings is 1. The number of amides is 1. The highest BCUT2D eigenvalue weighted by Crippen LogP contribution is 2.22. The summed E-state index contributed by atoms with van der Waals surface area (Å²) >= 11 is 0. The molecule has 2 N–H and O–H groups in total. The smallest absolute Gasteiger partial charge is 0.257 e. The highest BCUT2D eigenvalue weighted by Gasteiger charge is 2.22. The van der Waals surface area contributed by atoms with E-state index in [-0.39, 0.29) is 18.7 Å². The second-order valence-corrected chi connectivity index (χ2v) is 4.08. The van der Waals surface area contributed by atoms with E-state index >= 15 is 0 Å². The van der Waals surface area contributed by atoms with E-state index in [1.807, 2.05) is 0 Å². The van der Waals surface area contributed by atoms with Crippen molar-refractivity contribution in [1.82, 2.24) is 4.90 Å². The van der Waals surface area contributed by atoms with Crippen molar-refractivity contribution in [2.24, 2.45) is 5.73 Å². The zero-order chi connectivity index (χ0) is 13.8. The average Bonchev–Trinajstić information content (AvgIpc) is 2.80. The number of fused-ring (bicyclic) bond motifs is 1. The first-order valence-electron chi connectivity index (χ1n) is 5.87. The first-order valence-corrected chi connectivity index (χ1v) is 5.87. The number of alkyl halides is 2. The molecule has 2 rings (SSSR count). The lowest BCUT2D eigenvalue weighted by atomic mass is 10.1. The van der Waals surface area contributed by atoms with E-state index in [9.17, 15) is 13.6 Å². The molecule has 0 radical (unpaired) electrons. The Morgan fingerprint density at radius 3 is 2.79 bits per heavy atom. The molecule has 0 spiro atoms. The van der Waals surface area contributed by atoms with Crippen LogP contribution in [0.15, 0.2) is 34.9 Å². The lowest BCUT2D eigenvalue weighted by molar-refractivity contribution is 0.0564. The van der Waals surface area contributed by atoms with E-state index in [0.717, 1.165) is 4.90 Å². The second kappa shape index (κ2) is 5.79. The van der Waals surface area contributed by atoms with Gasteiger partial charge < -0.3 is 15.1 Å². The molecule has 1 amide bonds. The van der Waals surface area contributed by atoms with Gasteiger partial charge >= 0.3 is 0 Å². The fourth-order valence-corrected chi connectivity index (χ4v) is 1.91. The largest absolute Gasteiger partial charge is 0.463 e. The summed E-state index contributed by atoms with van der Waals surface area (Å²) in [6.07, 6.45) is -1.30. The highest BCUT2D eigenvalue weighted by molar-refractivity contribution is 6.05. The van der Waals surface area contributed by atoms with Crippen molar-refractivity contribution < 1.29 is 18.0 Å². The summed E-state index contributed by atoms with van der Waals surface area (Å²) in [4.78, 5) is 13.3. The molecule has 1 heterocycles. The number of hydrogen-bond acceptors (Lipinski definition) is 3. The molecule has 6 heteroatoms. The Morgan fingerprint density at radius 2 is 2.11 bits per heavy atom. The van der Waals surface area contributed by atoms with Crippen molar-refractivity contribution >= 4 is 16.9 Å². The molecule has 4 nitrogen and oxygen atoms in total. The summed E-state index contributed by atoms with van der Waals surface area (Å²) in [5.41, 5.74) is 6.18. The van der Waals surface area contributed by atoms with Crippen molar-refractivity contribution in [2.45, 2.75) is 6.43 Å². The normalized spacial score (nSPS) is 11.2. The van der Waals surface area contributed by atoms with Crippen LogP contribution in [0.1, 0.15) is 10.4 Å². The Balaban J connectivity index is 2.30. The SMILES string of the molecule is NCCN(CC(F)F)C(=O)c1coc2ccccc12. The maximum Gasteiger partial charge on any atom is 0.257 e. The van der Waals surface area contributed by atoms with Crippen molar-refractivity contribution in [1.29, 1.82) is 0 Å². The third-order valence-corrected chi connectivity index (χ3v) is 2.76. The van der Waals surface area contributed by atoms with Crippen molar-refractivity contribution in [3.05, 3.63) is 36.1 Å². The third kappa shape index (κ3) is 2.90. The minimum Gasteiger partial charge on any atom is -0.463 e. The molecular formula is C13H14F2N2O2. The standard InChI is InChI=1S/C13H14F2N2O2/c14-12(15)7-17(6-5-16)13(18)10-8-19-11-4-2-1-3-9(10)11/h1-4,8,12H,5-7,16H2. The molecule has 102 valence electrons. The Bertz CT molecular complexity index is 569. The first-order chi connectivity index (χ1) is 9.13. The molecule has 0 atom stereocenters. The number of nitrogens with zero attached hydrogens (tertiary/aromatic N) is 1. The molecule has 0 saturated carbocycles. The van der Waals surface area contributed by atoms with E-state index in [0.29, 0.717) is 11.0 Å². The average molecular weight is 268 g/mol. The Hall–Kier alpha value is -1.95. The summed E-state index contributed by atoms with van der Waals surface area (Å²) in [6, 6.07) is 6.97. The van der Waals surface area contributed by atoms with Crippen LogP contribution < -0.4 is 5.73 Å². The van der Waals surface area contributed by atoms with E-state index in [1.54, 1.807) is 24.3 Å². The molecule has 0 fully saturated rings. The zero-order valence-corrected chi connectivity index (χ0v) is 10.2. The van der Waals surface area contributed by atoms with E-state index in [2.05, 4.69) is 0 Å². The number of para-hydroxylation sites is 1. The van der Waals surface area contributed by atoms with Crippen molar-refractivity contribution in [3.8, 4) is 0 Å². The first kappa shape index (κ1) is 13.5. The molecule has 0 bridgehead atoms. The summed E-state index contributed by atoms with van der Waals surface area (Å²) in [5.74, 6) is -0.490. The fraction of sp³-hybridized carbons (Fsp3) is 0.308. The topological polar surface area (TPSA) is 59.5 Å². The monoisotopic (exact) mass is 268 g/mol. The number of rotatable bonds is 5. The molecule has 2 aromatic rings. The number of carbonyl (C=O) groups excluding carboxylic acids is 1. The van der Waals surface area contributed by atoms with Crippen molar-refractivity contribution in [2.75, 3.05) is 19.6 Å². The number of carbonyl (C=O) groups is 1. The Labute approximate surface area is 108 Å². The van der Waals surface area contributed by atoms with Gasteiger partial charge in [0.15, 0.2) is 0 Å². The van der Waals surface area contributed by atoms with Gasteiger partial charge in [0.2, 0.25) is 0 Å². The number of nitrogens with two attached hydrogens (primary N) is 1. The van der Waals surface area contributed by atoms with Gasteiger partial charge in [-0.1, -0.05) is 18.2 Å². The van der Waals surface area contributed by atoms with Crippen LogP contribution in [0.5, 0.6) is 0 Å². The summed E-state index contributed by atoms with van der Waals surface area (Å²) in [7, 11) is 0. The Kier molecular flexibility index (Phi) is 4.11. The predicted octanol–water partition coefficient (Wildman–Crippen LogP) is 2.10. The number of hydrogen-bond donors (Lipinski definition) is 1. The van der Waals surface area contributed by atoms with E-state index in [4.69, 9.17) is 10.2 Å². The minimum atomic E-state index is -2.59. The van der Waals surface area contributed by atoms with Crippen LogP contribution in [-0.4, -0.2) is 36.9 Å². The molecule has 0 unspecified atom stereocenters. The molecule has 1 aromatic heterocycles. The van der Waals surface area contributed by atoms with Crippen LogP contribution in [-0.2, 0) is 0 Å². The molecule has 0 saturated heterocycles. The van der Waals surface area contributed by atoms with Gasteiger partial charge in [-0.3, -0.25) is 4.79 Å². The maximum absolute atomic E-state index is 12.5. The van der Waals surface area contributed by atoms with Crippen LogP contribution in [0.3, 0.4) is 0 Å². The summed E-state index contributed by atoms with van der Waals surface area (Å²) in [5, 5.41) is 0.615. The van der Waals surface area contributed by atoms with E-state index in [1.165, 1.54) is 6.26 Å². The van der Waals surface area contributed by atoms with Crippen LogP contribution in [0.4, 0.5) is 8.78 Å².